The van der Waals surface area contributed by atoms with E-state index in [0.717, 1.165) is 11.1 Å². The molecule has 0 fully saturated rings. The van der Waals surface area contributed by atoms with Crippen LogP contribution in [0.4, 0.5) is 4.79 Å². The van der Waals surface area contributed by atoms with Gasteiger partial charge in [-0.15, -0.1) is 0 Å². The molecule has 198 valence electrons. The Morgan fingerprint density at radius 1 is 0.806 bits per heavy atom. The summed E-state index contributed by atoms with van der Waals surface area (Å²) in [6.07, 6.45) is -2.26. The fourth-order valence-corrected chi connectivity index (χ4v) is 3.88. The molecule has 2 amide bonds. The van der Waals surface area contributed by atoms with Gasteiger partial charge in [0.1, 0.15) is 0 Å². The Morgan fingerprint density at radius 3 is 1.67 bits per heavy atom. The minimum atomic E-state index is -1.23. The monoisotopic (exact) mass is 501 g/mol. The minimum absolute atomic E-state index is 0.0385. The van der Waals surface area contributed by atoms with Crippen LogP contribution in [0.25, 0.3) is 0 Å². The standard InChI is InChI=1S/C27H39N3O6/c1-27(2,13-14-31)25(34)29-21(15-19-9-5-3-6-10-19)23(32)17-28-18-24(33)22(30-26(35)36)16-20-11-7-4-8-12-20/h3-12,21-24,28,30-33H,13-18H2,1-2H3,(H,29,34)(H,35,36)/t21-,22-,23?,24+/m0/s1. The zero-order valence-corrected chi connectivity index (χ0v) is 20.9. The molecule has 36 heavy (non-hydrogen) atoms. The van der Waals surface area contributed by atoms with E-state index >= 15 is 0 Å². The Morgan fingerprint density at radius 2 is 1.25 bits per heavy atom. The van der Waals surface area contributed by atoms with Crippen LogP contribution in [0.15, 0.2) is 60.7 Å². The molecule has 0 aliphatic carbocycles. The predicted octanol–water partition coefficient (Wildman–Crippen LogP) is 1.31. The first-order chi connectivity index (χ1) is 17.1. The van der Waals surface area contributed by atoms with E-state index in [1.165, 1.54) is 0 Å². The fraction of sp³-hybridized carbons (Fsp3) is 0.481. The summed E-state index contributed by atoms with van der Waals surface area (Å²) in [6.45, 7) is 3.46. The first kappa shape index (κ1) is 29.3. The zero-order chi connectivity index (χ0) is 26.6. The van der Waals surface area contributed by atoms with Gasteiger partial charge in [0.05, 0.1) is 24.3 Å². The Hall–Kier alpha value is -2.98. The van der Waals surface area contributed by atoms with Crippen LogP contribution < -0.4 is 16.0 Å². The molecule has 7 N–H and O–H groups in total. The maximum absolute atomic E-state index is 12.8. The molecule has 9 nitrogen and oxygen atoms in total. The number of amides is 2. The van der Waals surface area contributed by atoms with Gasteiger partial charge in [-0.3, -0.25) is 4.79 Å². The highest BCUT2D eigenvalue weighted by atomic mass is 16.4. The third-order valence-electron chi connectivity index (χ3n) is 6.21. The van der Waals surface area contributed by atoms with E-state index in [0.29, 0.717) is 12.8 Å². The van der Waals surface area contributed by atoms with Gasteiger partial charge in [-0.1, -0.05) is 74.5 Å². The Labute approximate surface area is 212 Å². The lowest BCUT2D eigenvalue weighted by Crippen LogP contribution is -2.53. The van der Waals surface area contributed by atoms with Gasteiger partial charge in [-0.05, 0) is 30.4 Å². The Kier molecular flexibility index (Phi) is 11.8. The molecule has 0 aromatic heterocycles. The van der Waals surface area contributed by atoms with Crippen molar-refractivity contribution in [3.05, 3.63) is 71.8 Å². The highest BCUT2D eigenvalue weighted by Crippen LogP contribution is 2.21. The lowest BCUT2D eigenvalue weighted by molar-refractivity contribution is -0.131. The van der Waals surface area contributed by atoms with Gasteiger partial charge in [0.2, 0.25) is 5.91 Å². The van der Waals surface area contributed by atoms with Crippen LogP contribution in [-0.2, 0) is 17.6 Å². The molecular formula is C27H39N3O6. The molecule has 0 heterocycles. The normalized spacial score (nSPS) is 14.9. The second-order valence-corrected chi connectivity index (χ2v) is 9.67. The fourth-order valence-electron chi connectivity index (χ4n) is 3.88. The van der Waals surface area contributed by atoms with E-state index in [1.807, 2.05) is 60.7 Å². The van der Waals surface area contributed by atoms with Crippen molar-refractivity contribution in [2.45, 2.75) is 57.4 Å². The van der Waals surface area contributed by atoms with Crippen molar-refractivity contribution in [1.82, 2.24) is 16.0 Å². The maximum atomic E-state index is 12.8. The first-order valence-corrected chi connectivity index (χ1v) is 12.2. The SMILES string of the molecule is CC(C)(CCO)C(=O)N[C@@H](Cc1ccccc1)C(O)CNC[C@@H](O)[C@H](Cc1ccccc1)NC(=O)O. The van der Waals surface area contributed by atoms with Gasteiger partial charge in [0.25, 0.3) is 0 Å². The topological polar surface area (TPSA) is 151 Å². The molecule has 2 aromatic rings. The van der Waals surface area contributed by atoms with Gasteiger partial charge < -0.3 is 36.4 Å². The molecule has 2 aromatic carbocycles. The summed E-state index contributed by atoms with van der Waals surface area (Å²) in [6, 6.07) is 17.4. The molecule has 0 saturated heterocycles. The summed E-state index contributed by atoms with van der Waals surface area (Å²) < 4.78 is 0. The largest absolute Gasteiger partial charge is 0.465 e. The molecular weight excluding hydrogens is 462 g/mol. The third-order valence-corrected chi connectivity index (χ3v) is 6.21. The van der Waals surface area contributed by atoms with Crippen molar-refractivity contribution in [2.75, 3.05) is 19.7 Å². The summed E-state index contributed by atoms with van der Waals surface area (Å²) in [7, 11) is 0. The molecule has 0 aliphatic heterocycles. The molecule has 2 rings (SSSR count). The number of carbonyl (C=O) groups is 2. The van der Waals surface area contributed by atoms with Gasteiger partial charge in [0, 0.05) is 25.1 Å². The van der Waals surface area contributed by atoms with Crippen LogP contribution in [0, 0.1) is 5.41 Å². The van der Waals surface area contributed by atoms with Crippen LogP contribution >= 0.6 is 0 Å². The predicted molar refractivity (Wildman–Crippen MR) is 138 cm³/mol. The summed E-state index contributed by atoms with van der Waals surface area (Å²) in [5.74, 6) is -0.273. The highest BCUT2D eigenvalue weighted by Gasteiger charge is 2.31. The summed E-state index contributed by atoms with van der Waals surface area (Å²) >= 11 is 0. The maximum Gasteiger partial charge on any atom is 0.404 e. The van der Waals surface area contributed by atoms with Gasteiger partial charge in [-0.25, -0.2) is 4.79 Å². The van der Waals surface area contributed by atoms with E-state index in [-0.39, 0.29) is 32.0 Å². The molecule has 0 aliphatic rings. The van der Waals surface area contributed by atoms with E-state index in [4.69, 9.17) is 0 Å². The molecule has 0 bridgehead atoms. The highest BCUT2D eigenvalue weighted by molar-refractivity contribution is 5.82. The summed E-state index contributed by atoms with van der Waals surface area (Å²) in [4.78, 5) is 24.1. The second kappa shape index (κ2) is 14.5. The number of benzene rings is 2. The van der Waals surface area contributed by atoms with E-state index < -0.39 is 35.8 Å². The van der Waals surface area contributed by atoms with Crippen LogP contribution in [0.1, 0.15) is 31.4 Å². The third kappa shape index (κ3) is 9.94. The van der Waals surface area contributed by atoms with Crippen molar-refractivity contribution < 1.29 is 30.0 Å². The van der Waals surface area contributed by atoms with E-state index in [1.54, 1.807) is 13.8 Å². The van der Waals surface area contributed by atoms with Gasteiger partial charge in [-0.2, -0.15) is 0 Å². The number of hydrogen-bond acceptors (Lipinski definition) is 6. The van der Waals surface area contributed by atoms with Crippen LogP contribution in [-0.4, -0.2) is 76.4 Å². The molecule has 9 heteroatoms. The lowest BCUT2D eigenvalue weighted by atomic mass is 9.87. The van der Waals surface area contributed by atoms with Crippen molar-refractivity contribution in [3.8, 4) is 0 Å². The molecule has 1 unspecified atom stereocenters. The second-order valence-electron chi connectivity index (χ2n) is 9.67. The van der Waals surface area contributed by atoms with Gasteiger partial charge in [0.15, 0.2) is 0 Å². The number of aliphatic hydroxyl groups excluding tert-OH is 3. The van der Waals surface area contributed by atoms with E-state index in [9.17, 15) is 30.0 Å². The molecule has 4 atom stereocenters. The summed E-state index contributed by atoms with van der Waals surface area (Å²) in [5.41, 5.74) is 1.02. The first-order valence-electron chi connectivity index (χ1n) is 12.2. The van der Waals surface area contributed by atoms with Crippen molar-refractivity contribution >= 4 is 12.0 Å². The van der Waals surface area contributed by atoms with Crippen LogP contribution in [0.5, 0.6) is 0 Å². The van der Waals surface area contributed by atoms with Gasteiger partial charge >= 0.3 is 6.09 Å². The van der Waals surface area contributed by atoms with Crippen molar-refractivity contribution in [3.63, 3.8) is 0 Å². The Balaban J connectivity index is 2.01. The average molecular weight is 502 g/mol. The number of carboxylic acid groups (broad SMARTS) is 1. The Bertz CT molecular complexity index is 926. The molecule has 0 saturated carbocycles. The smallest absolute Gasteiger partial charge is 0.404 e. The van der Waals surface area contributed by atoms with Crippen molar-refractivity contribution in [1.29, 1.82) is 0 Å². The average Bonchev–Trinajstić information content (AvgIpc) is 2.84. The minimum Gasteiger partial charge on any atom is -0.465 e. The van der Waals surface area contributed by atoms with Crippen molar-refractivity contribution in [2.24, 2.45) is 5.41 Å². The molecule has 0 spiro atoms. The lowest BCUT2D eigenvalue weighted by Gasteiger charge is -2.30. The molecule has 0 radical (unpaired) electrons. The zero-order valence-electron chi connectivity index (χ0n) is 20.9. The number of carbonyl (C=O) groups excluding carboxylic acids is 1. The number of nitrogens with one attached hydrogen (secondary N) is 3. The quantitative estimate of drug-likeness (QED) is 0.194. The number of hydrogen-bond donors (Lipinski definition) is 7. The van der Waals surface area contributed by atoms with Crippen LogP contribution in [0.2, 0.25) is 0 Å². The number of aliphatic hydroxyl groups is 3. The van der Waals surface area contributed by atoms with E-state index in [2.05, 4.69) is 16.0 Å². The van der Waals surface area contributed by atoms with Crippen LogP contribution in [0.3, 0.4) is 0 Å². The summed E-state index contributed by atoms with van der Waals surface area (Å²) in [5, 5.41) is 48.3. The number of rotatable bonds is 15.